The van der Waals surface area contributed by atoms with Crippen molar-refractivity contribution in [1.82, 2.24) is 0 Å². The first-order valence-electron chi connectivity index (χ1n) is 0. The smallest absolute Gasteiger partial charge is 0 e. The van der Waals surface area contributed by atoms with Crippen molar-refractivity contribution in [2.45, 2.75) is 0 Å². The Hall–Kier alpha value is 2.10. The van der Waals surface area contributed by atoms with Crippen LogP contribution in [-0.2, 0) is 68.9 Å². The van der Waals surface area contributed by atoms with E-state index in [-0.39, 0.29) is 68.9 Å². The summed E-state index contributed by atoms with van der Waals surface area (Å²) >= 11 is 0. The molecule has 0 atom stereocenters. The van der Waals surface area contributed by atoms with Crippen LogP contribution in [0.15, 0.2) is 0 Å². The van der Waals surface area contributed by atoms with Gasteiger partial charge in [-0.1, -0.05) is 0 Å². The molecule has 0 saturated carbocycles. The van der Waals surface area contributed by atoms with E-state index in [1.165, 1.54) is 0 Å². The Bertz CT molecular complexity index is 8.00. The topological polar surface area (TPSA) is 0 Å². The number of hydrogen-bond acceptors (Lipinski definition) is 0. The molecule has 0 amide bonds. The van der Waals surface area contributed by atoms with Crippen LogP contribution in [0.5, 0.6) is 0 Å². The maximum Gasteiger partial charge on any atom is 0 e. The van der Waals surface area contributed by atoms with Crippen LogP contribution in [0.3, 0.4) is 0 Å². The van der Waals surface area contributed by atoms with E-state index in [4.69, 9.17) is 0 Å². The fourth-order valence-electron chi connectivity index (χ4n) is 0. The van der Waals surface area contributed by atoms with Gasteiger partial charge in [-0.05, 0) is 0 Å². The molecular weight excluding hydrogens is 224 g/mol. The standard InChI is InChI=1S/Co.Fe.Ni.V. The molecule has 0 aromatic rings. The van der Waals surface area contributed by atoms with Gasteiger partial charge in [0, 0.05) is 68.9 Å². The summed E-state index contributed by atoms with van der Waals surface area (Å²) in [5.74, 6) is 0. The molecule has 0 nitrogen and oxygen atoms in total. The van der Waals surface area contributed by atoms with E-state index in [0.717, 1.165) is 0 Å². The first kappa shape index (κ1) is 35.9. The van der Waals surface area contributed by atoms with Gasteiger partial charge in [-0.25, -0.2) is 0 Å². The van der Waals surface area contributed by atoms with Gasteiger partial charge >= 0.3 is 0 Å². The molecule has 0 fully saturated rings. The summed E-state index contributed by atoms with van der Waals surface area (Å²) in [5.41, 5.74) is 0. The molecule has 4 heavy (non-hydrogen) atoms. The van der Waals surface area contributed by atoms with Gasteiger partial charge in [0.25, 0.3) is 0 Å². The van der Waals surface area contributed by atoms with Gasteiger partial charge in [0.15, 0.2) is 0 Å². The molecule has 4 heteroatoms. The fourth-order valence-corrected chi connectivity index (χ4v) is 0. The van der Waals surface area contributed by atoms with Crippen LogP contribution in [0.1, 0.15) is 0 Å². The molecular formula is CoFeNiV. The largest absolute Gasteiger partial charge is 0 e. The van der Waals surface area contributed by atoms with Crippen LogP contribution in [0.25, 0.3) is 0 Å². The average Bonchev–Trinajstić information content (AvgIpc) is 0. The van der Waals surface area contributed by atoms with Crippen LogP contribution < -0.4 is 0 Å². The zero-order chi connectivity index (χ0) is 0. The SMILES string of the molecule is [Co].[Fe].[Ni].[V]. The van der Waals surface area contributed by atoms with E-state index in [1.54, 1.807) is 0 Å². The van der Waals surface area contributed by atoms with Gasteiger partial charge in [0.2, 0.25) is 0 Å². The number of rotatable bonds is 0. The average molecular weight is 224 g/mol. The predicted molar refractivity (Wildman–Crippen MR) is 0 cm³/mol. The summed E-state index contributed by atoms with van der Waals surface area (Å²) in [5, 5.41) is 0. The molecule has 0 rings (SSSR count). The van der Waals surface area contributed by atoms with Gasteiger partial charge in [-0.3, -0.25) is 0 Å². The number of hydrogen-bond donors (Lipinski definition) is 0. The van der Waals surface area contributed by atoms with Crippen molar-refractivity contribution >= 4 is 0 Å². The Balaban J connectivity index is 0. The van der Waals surface area contributed by atoms with Crippen molar-refractivity contribution in [3.05, 3.63) is 0 Å². The minimum absolute atomic E-state index is 0. The van der Waals surface area contributed by atoms with Crippen molar-refractivity contribution in [2.75, 3.05) is 0 Å². The molecule has 0 aliphatic heterocycles. The van der Waals surface area contributed by atoms with Gasteiger partial charge in [-0.2, -0.15) is 0 Å². The van der Waals surface area contributed by atoms with Crippen LogP contribution in [-0.4, -0.2) is 0 Å². The second-order valence-electron chi connectivity index (χ2n) is 0. The molecule has 2 radical (unpaired) electrons. The molecule has 0 saturated heterocycles. The van der Waals surface area contributed by atoms with Crippen molar-refractivity contribution in [2.24, 2.45) is 0 Å². The molecule has 0 bridgehead atoms. The van der Waals surface area contributed by atoms with E-state index in [0.29, 0.717) is 0 Å². The Morgan fingerprint density at radius 3 is 1.00 bits per heavy atom. The van der Waals surface area contributed by atoms with Gasteiger partial charge < -0.3 is 0 Å². The first-order valence-corrected chi connectivity index (χ1v) is 0. The predicted octanol–water partition coefficient (Wildman–Crippen LogP) is -0.0100. The normalized spacial score (nSPS) is 0. The van der Waals surface area contributed by atoms with Crippen molar-refractivity contribution in [3.63, 3.8) is 0 Å². The van der Waals surface area contributed by atoms with Crippen molar-refractivity contribution in [1.29, 1.82) is 0 Å². The molecule has 0 aliphatic rings. The van der Waals surface area contributed by atoms with Crippen LogP contribution >= 0.6 is 0 Å². The van der Waals surface area contributed by atoms with E-state index < -0.39 is 0 Å². The quantitative estimate of drug-likeness (QED) is 0.508. The Labute approximate surface area is 68.3 Å². The van der Waals surface area contributed by atoms with Gasteiger partial charge in [-0.15, -0.1) is 0 Å². The summed E-state index contributed by atoms with van der Waals surface area (Å²) < 4.78 is 0. The maximum atomic E-state index is 0. The van der Waals surface area contributed by atoms with Gasteiger partial charge in [0.05, 0.1) is 0 Å². The Morgan fingerprint density at radius 1 is 1.00 bits per heavy atom. The zero-order valence-corrected chi connectivity index (χ0v) is 5.98. The van der Waals surface area contributed by atoms with Crippen molar-refractivity contribution in [3.8, 4) is 0 Å². The monoisotopic (exact) mass is 224 g/mol. The summed E-state index contributed by atoms with van der Waals surface area (Å²) in [6, 6.07) is 0. The third-order valence-corrected chi connectivity index (χ3v) is 0. The van der Waals surface area contributed by atoms with Crippen LogP contribution in [0.4, 0.5) is 0 Å². The molecule has 0 unspecified atom stereocenters. The van der Waals surface area contributed by atoms with E-state index in [2.05, 4.69) is 0 Å². The molecule has 0 spiro atoms. The molecule has 0 aliphatic carbocycles. The minimum atomic E-state index is 0. The van der Waals surface area contributed by atoms with Crippen LogP contribution in [0.2, 0.25) is 0 Å². The second-order valence-corrected chi connectivity index (χ2v) is 0. The van der Waals surface area contributed by atoms with E-state index in [9.17, 15) is 0 Å². The Morgan fingerprint density at radius 2 is 1.00 bits per heavy atom. The third-order valence-electron chi connectivity index (χ3n) is 0. The van der Waals surface area contributed by atoms with Crippen LogP contribution in [0, 0.1) is 0 Å². The summed E-state index contributed by atoms with van der Waals surface area (Å²) in [6.45, 7) is 0. The maximum absolute atomic E-state index is 0. The fraction of sp³-hybridized carbons (Fsp3) is 0. The van der Waals surface area contributed by atoms with E-state index >= 15 is 0 Å². The summed E-state index contributed by atoms with van der Waals surface area (Å²) in [7, 11) is 0. The molecule has 0 N–H and O–H groups in total. The van der Waals surface area contributed by atoms with Crippen molar-refractivity contribution < 1.29 is 68.9 Å². The zero-order valence-electron chi connectivity index (χ0n) is 1.45. The molecule has 0 heterocycles. The summed E-state index contributed by atoms with van der Waals surface area (Å²) in [4.78, 5) is 0. The minimum Gasteiger partial charge on any atom is 0 e. The molecule has 0 aromatic heterocycles. The molecule has 0 aromatic carbocycles. The second kappa shape index (κ2) is 19.4. The first-order chi connectivity index (χ1) is 0. The molecule has 32 valence electrons. The van der Waals surface area contributed by atoms with E-state index in [1.807, 2.05) is 0 Å². The summed E-state index contributed by atoms with van der Waals surface area (Å²) in [6.07, 6.45) is 0. The third kappa shape index (κ3) is 8.93. The van der Waals surface area contributed by atoms with Gasteiger partial charge in [0.1, 0.15) is 0 Å². The Kier molecular flexibility index (Phi) is 174.